The van der Waals surface area contributed by atoms with E-state index in [0.717, 1.165) is 33.1 Å². The fraction of sp³-hybridized carbons (Fsp3) is 0.148. The van der Waals surface area contributed by atoms with Crippen molar-refractivity contribution in [2.75, 3.05) is 5.32 Å². The number of rotatable bonds is 7. The third kappa shape index (κ3) is 5.40. The number of H-pyrrole nitrogens is 1. The van der Waals surface area contributed by atoms with E-state index in [0.29, 0.717) is 10.3 Å². The van der Waals surface area contributed by atoms with E-state index < -0.39 is 0 Å². The molecule has 0 aliphatic carbocycles. The van der Waals surface area contributed by atoms with Crippen molar-refractivity contribution >= 4 is 45.5 Å². The number of thiazole rings is 1. The van der Waals surface area contributed by atoms with Crippen molar-refractivity contribution in [3.8, 4) is 33.1 Å². The summed E-state index contributed by atoms with van der Waals surface area (Å²) < 4.78 is 0. The number of anilines is 1. The predicted octanol–water partition coefficient (Wildman–Crippen LogP) is 7.66. The van der Waals surface area contributed by atoms with Gasteiger partial charge in [0.1, 0.15) is 0 Å². The zero-order chi connectivity index (χ0) is 24.4. The van der Waals surface area contributed by atoms with Crippen LogP contribution >= 0.6 is 34.4 Å². The first-order valence-electron chi connectivity index (χ1n) is 11.2. The number of aromatic amines is 1. The number of hydrogen-bond donors (Lipinski definition) is 2. The van der Waals surface area contributed by atoms with Gasteiger partial charge >= 0.3 is 0 Å². The molecule has 8 heteroatoms. The molecule has 0 aliphatic heterocycles. The molecule has 0 radical (unpaired) electrons. The molecule has 0 saturated carbocycles. The Kier molecular flexibility index (Phi) is 6.86. The third-order valence-corrected chi connectivity index (χ3v) is 8.15. The number of amides is 1. The number of imidazole rings is 1. The lowest BCUT2D eigenvalue weighted by Crippen LogP contribution is -2.22. The maximum atomic E-state index is 12.9. The quantitative estimate of drug-likeness (QED) is 0.218. The zero-order valence-corrected chi connectivity index (χ0v) is 22.0. The molecule has 5 rings (SSSR count). The maximum Gasteiger partial charge on any atom is 0.239 e. The van der Waals surface area contributed by atoms with E-state index in [1.807, 2.05) is 29.8 Å². The maximum absolute atomic E-state index is 12.9. The van der Waals surface area contributed by atoms with E-state index in [1.165, 1.54) is 34.2 Å². The lowest BCUT2D eigenvalue weighted by Gasteiger charge is -2.08. The summed E-state index contributed by atoms with van der Waals surface area (Å²) in [5.74, 6) is -0.104. The highest BCUT2D eigenvalue weighted by molar-refractivity contribution is 8.00. The highest BCUT2D eigenvalue weighted by atomic mass is 32.2. The van der Waals surface area contributed by atoms with Crippen LogP contribution in [0.15, 0.2) is 76.6 Å². The molecule has 0 bridgehead atoms. The van der Waals surface area contributed by atoms with E-state index in [4.69, 9.17) is 4.98 Å². The molecule has 3 heterocycles. The van der Waals surface area contributed by atoms with Crippen molar-refractivity contribution in [2.24, 2.45) is 0 Å². The summed E-state index contributed by atoms with van der Waals surface area (Å²) in [4.78, 5) is 26.9. The van der Waals surface area contributed by atoms with E-state index in [9.17, 15) is 4.79 Å². The Morgan fingerprint density at radius 1 is 0.943 bits per heavy atom. The lowest BCUT2D eigenvalue weighted by atomic mass is 10.0. The van der Waals surface area contributed by atoms with E-state index >= 15 is 0 Å². The summed E-state index contributed by atoms with van der Waals surface area (Å²) in [6.07, 6.45) is 0. The van der Waals surface area contributed by atoms with E-state index in [-0.39, 0.29) is 11.2 Å². The molecule has 0 spiro atoms. The van der Waals surface area contributed by atoms with Crippen LogP contribution in [0.2, 0.25) is 0 Å². The number of nitrogens with zero attached hydrogens (tertiary/aromatic N) is 2. The van der Waals surface area contributed by atoms with Crippen molar-refractivity contribution < 1.29 is 4.79 Å². The summed E-state index contributed by atoms with van der Waals surface area (Å²) in [6.45, 7) is 6.03. The SMILES string of the molecule is Cc1ccc(-c2nc(SC(C)C(=O)Nc3nc(-c4cccs4)cs3)[nH]c2-c2ccc(C)cc2)cc1. The smallest absolute Gasteiger partial charge is 0.239 e. The molecule has 3 aromatic heterocycles. The summed E-state index contributed by atoms with van der Waals surface area (Å²) in [7, 11) is 0. The number of thioether (sulfide) groups is 1. The minimum absolute atomic E-state index is 0.104. The van der Waals surface area contributed by atoms with Gasteiger partial charge in [-0.2, -0.15) is 0 Å². The molecular weight excluding hydrogens is 493 g/mol. The van der Waals surface area contributed by atoms with Crippen LogP contribution in [0.1, 0.15) is 18.1 Å². The van der Waals surface area contributed by atoms with Gasteiger partial charge in [0.05, 0.1) is 27.2 Å². The highest BCUT2D eigenvalue weighted by Gasteiger charge is 2.21. The largest absolute Gasteiger partial charge is 0.332 e. The van der Waals surface area contributed by atoms with Gasteiger partial charge in [0, 0.05) is 16.5 Å². The van der Waals surface area contributed by atoms with Crippen LogP contribution in [0.5, 0.6) is 0 Å². The second kappa shape index (κ2) is 10.2. The fourth-order valence-corrected chi connectivity index (χ4v) is 5.83. The molecule has 0 saturated heterocycles. The Morgan fingerprint density at radius 3 is 2.29 bits per heavy atom. The number of carbonyl (C=O) groups is 1. The lowest BCUT2D eigenvalue weighted by molar-refractivity contribution is -0.115. The molecule has 0 aliphatic rings. The van der Waals surface area contributed by atoms with Gasteiger partial charge in [-0.1, -0.05) is 77.5 Å². The van der Waals surface area contributed by atoms with Crippen molar-refractivity contribution in [2.45, 2.75) is 31.2 Å². The number of carbonyl (C=O) groups excluding carboxylic acids is 1. The van der Waals surface area contributed by atoms with Gasteiger partial charge in [-0.25, -0.2) is 9.97 Å². The monoisotopic (exact) mass is 516 g/mol. The van der Waals surface area contributed by atoms with Crippen LogP contribution in [0, 0.1) is 13.8 Å². The van der Waals surface area contributed by atoms with Crippen molar-refractivity contribution in [3.05, 3.63) is 82.6 Å². The second-order valence-electron chi connectivity index (χ2n) is 8.26. The minimum atomic E-state index is -0.355. The van der Waals surface area contributed by atoms with Gasteiger partial charge < -0.3 is 10.3 Å². The normalized spacial score (nSPS) is 12.0. The summed E-state index contributed by atoms with van der Waals surface area (Å²) in [5, 5.41) is 7.89. The molecule has 5 aromatic rings. The standard InChI is InChI=1S/C27H24N4OS3/c1-16-6-10-19(11-7-16)23-24(20-12-8-17(2)9-13-20)30-27(29-23)35-18(3)25(32)31-26-28-21(15-34-26)22-5-4-14-33-22/h4-15,18H,1-3H3,(H,29,30)(H,28,31,32). The number of nitrogens with one attached hydrogen (secondary N) is 2. The van der Waals surface area contributed by atoms with Gasteiger partial charge in [0.25, 0.3) is 0 Å². The molecule has 35 heavy (non-hydrogen) atoms. The number of thiophene rings is 1. The second-order valence-corrected chi connectivity index (χ2v) is 11.4. The van der Waals surface area contributed by atoms with Crippen molar-refractivity contribution in [3.63, 3.8) is 0 Å². The minimum Gasteiger partial charge on any atom is -0.332 e. The summed E-state index contributed by atoms with van der Waals surface area (Å²) >= 11 is 4.47. The Hall–Kier alpha value is -3.20. The van der Waals surface area contributed by atoms with Gasteiger partial charge in [0.2, 0.25) is 5.91 Å². The third-order valence-electron chi connectivity index (χ3n) is 5.51. The Balaban J connectivity index is 1.36. The molecule has 0 fully saturated rings. The van der Waals surface area contributed by atoms with Crippen LogP contribution in [-0.2, 0) is 4.79 Å². The number of benzene rings is 2. The number of aryl methyl sites for hydroxylation is 2. The Labute approximate surface area is 216 Å². The van der Waals surface area contributed by atoms with Gasteiger partial charge in [-0.3, -0.25) is 4.79 Å². The average Bonchev–Trinajstić information content (AvgIpc) is 3.61. The van der Waals surface area contributed by atoms with Crippen molar-refractivity contribution in [1.29, 1.82) is 0 Å². The van der Waals surface area contributed by atoms with E-state index in [1.54, 1.807) is 11.3 Å². The molecule has 1 atom stereocenters. The zero-order valence-electron chi connectivity index (χ0n) is 19.5. The first-order valence-corrected chi connectivity index (χ1v) is 13.8. The Bertz CT molecular complexity index is 1370. The fourth-order valence-electron chi connectivity index (χ4n) is 3.55. The first kappa shape index (κ1) is 23.5. The Morgan fingerprint density at radius 2 is 1.63 bits per heavy atom. The molecule has 1 amide bonds. The molecule has 2 aromatic carbocycles. The predicted molar refractivity (Wildman–Crippen MR) is 148 cm³/mol. The van der Waals surface area contributed by atoms with Crippen LogP contribution in [0.25, 0.3) is 33.1 Å². The van der Waals surface area contributed by atoms with Gasteiger partial charge in [-0.05, 0) is 32.2 Å². The number of hydrogen-bond acceptors (Lipinski definition) is 6. The molecular formula is C27H24N4OS3. The van der Waals surface area contributed by atoms with Crippen LogP contribution < -0.4 is 5.32 Å². The average molecular weight is 517 g/mol. The molecule has 1 unspecified atom stereocenters. The van der Waals surface area contributed by atoms with Crippen LogP contribution in [0.3, 0.4) is 0 Å². The number of aromatic nitrogens is 3. The topological polar surface area (TPSA) is 70.7 Å². The van der Waals surface area contributed by atoms with E-state index in [2.05, 4.69) is 77.7 Å². The van der Waals surface area contributed by atoms with Crippen molar-refractivity contribution in [1.82, 2.24) is 15.0 Å². The highest BCUT2D eigenvalue weighted by Crippen LogP contribution is 2.35. The van der Waals surface area contributed by atoms with Crippen LogP contribution in [-0.4, -0.2) is 26.1 Å². The van der Waals surface area contributed by atoms with Gasteiger partial charge in [-0.15, -0.1) is 22.7 Å². The first-order chi connectivity index (χ1) is 17.0. The molecule has 5 nitrogen and oxygen atoms in total. The summed E-state index contributed by atoms with van der Waals surface area (Å²) in [6, 6.07) is 20.7. The van der Waals surface area contributed by atoms with Gasteiger partial charge in [0.15, 0.2) is 10.3 Å². The molecule has 176 valence electrons. The summed E-state index contributed by atoms with van der Waals surface area (Å²) in [5.41, 5.74) is 7.22. The van der Waals surface area contributed by atoms with Crippen LogP contribution in [0.4, 0.5) is 5.13 Å². The molecule has 2 N–H and O–H groups in total.